The molecule has 1 heterocycles. The molecule has 3 heteroatoms. The van der Waals surface area contributed by atoms with Crippen LogP contribution in [0.2, 0.25) is 0 Å². The molecule has 0 spiro atoms. The van der Waals surface area contributed by atoms with Gasteiger partial charge in [0.05, 0.1) is 25.5 Å². The van der Waals surface area contributed by atoms with Gasteiger partial charge in [-0.25, -0.2) is 0 Å². The van der Waals surface area contributed by atoms with Gasteiger partial charge in [-0.3, -0.25) is 4.99 Å². The van der Waals surface area contributed by atoms with Crippen molar-refractivity contribution in [1.82, 2.24) is 5.32 Å². The smallest absolute Gasteiger partial charge is 0.0828 e. The number of nitrogens with one attached hydrogen (secondary N) is 1. The van der Waals surface area contributed by atoms with Crippen LogP contribution in [0.5, 0.6) is 0 Å². The molecule has 0 aliphatic carbocycles. The van der Waals surface area contributed by atoms with E-state index < -0.39 is 0 Å². The summed E-state index contributed by atoms with van der Waals surface area (Å²) in [6, 6.07) is 0.421. The Kier molecular flexibility index (Phi) is 2.51. The molecule has 0 aromatic carbocycles. The van der Waals surface area contributed by atoms with Gasteiger partial charge in [-0.1, -0.05) is 0 Å². The molecule has 3 nitrogen and oxygen atoms in total. The van der Waals surface area contributed by atoms with Crippen LogP contribution in [0.25, 0.3) is 0 Å². The maximum absolute atomic E-state index is 5.17. The van der Waals surface area contributed by atoms with E-state index in [1.54, 1.807) is 6.34 Å². The molecule has 0 amide bonds. The van der Waals surface area contributed by atoms with Crippen molar-refractivity contribution >= 4 is 6.34 Å². The molecule has 1 atom stereocenters. The van der Waals surface area contributed by atoms with E-state index in [4.69, 9.17) is 4.74 Å². The maximum atomic E-state index is 5.17. The van der Waals surface area contributed by atoms with Crippen molar-refractivity contribution in [3.8, 4) is 0 Å². The molecule has 0 bridgehead atoms. The lowest BCUT2D eigenvalue weighted by molar-refractivity contribution is 0.132. The summed E-state index contributed by atoms with van der Waals surface area (Å²) in [4.78, 5) is 4.00. The van der Waals surface area contributed by atoms with Gasteiger partial charge in [-0.15, -0.1) is 0 Å². The first-order chi connectivity index (χ1) is 4.43. The Morgan fingerprint density at radius 3 is 3.33 bits per heavy atom. The fraction of sp³-hybridized carbons (Fsp3) is 0.833. The summed E-state index contributed by atoms with van der Waals surface area (Å²) in [6.45, 7) is 4.42. The van der Waals surface area contributed by atoms with E-state index in [0.29, 0.717) is 6.04 Å². The van der Waals surface area contributed by atoms with Gasteiger partial charge in [-0.05, 0) is 6.92 Å². The average Bonchev–Trinajstić information content (AvgIpc) is 2.34. The fourth-order valence-corrected chi connectivity index (χ4v) is 0.752. The van der Waals surface area contributed by atoms with Crippen molar-refractivity contribution in [3.05, 3.63) is 0 Å². The highest BCUT2D eigenvalue weighted by atomic mass is 16.5. The summed E-state index contributed by atoms with van der Waals surface area (Å²) >= 11 is 0. The SMILES string of the molecule is CCOC[C@H]1CN=CN1. The van der Waals surface area contributed by atoms with Crippen LogP contribution in [0.1, 0.15) is 6.92 Å². The molecule has 1 N–H and O–H groups in total. The highest BCUT2D eigenvalue weighted by Gasteiger charge is 2.08. The van der Waals surface area contributed by atoms with Crippen LogP contribution in [-0.2, 0) is 4.74 Å². The summed E-state index contributed by atoms with van der Waals surface area (Å²) in [6.07, 6.45) is 1.74. The molecule has 0 saturated carbocycles. The minimum absolute atomic E-state index is 0.421. The predicted molar refractivity (Wildman–Crippen MR) is 36.8 cm³/mol. The number of rotatable bonds is 3. The maximum Gasteiger partial charge on any atom is 0.0828 e. The topological polar surface area (TPSA) is 33.6 Å². The number of nitrogens with zero attached hydrogens (tertiary/aromatic N) is 1. The Labute approximate surface area is 55.1 Å². The normalized spacial score (nSPS) is 24.3. The zero-order valence-corrected chi connectivity index (χ0v) is 5.63. The van der Waals surface area contributed by atoms with Crippen molar-refractivity contribution in [1.29, 1.82) is 0 Å². The van der Waals surface area contributed by atoms with Gasteiger partial charge in [0.15, 0.2) is 0 Å². The third-order valence-corrected chi connectivity index (χ3v) is 1.25. The summed E-state index contributed by atoms with van der Waals surface area (Å²) < 4.78 is 5.17. The second-order valence-electron chi connectivity index (χ2n) is 2.02. The van der Waals surface area contributed by atoms with Gasteiger partial charge < -0.3 is 10.1 Å². The van der Waals surface area contributed by atoms with E-state index in [9.17, 15) is 0 Å². The molecule has 0 saturated heterocycles. The van der Waals surface area contributed by atoms with Crippen LogP contribution < -0.4 is 5.32 Å². The lowest BCUT2D eigenvalue weighted by atomic mass is 10.3. The summed E-state index contributed by atoms with van der Waals surface area (Å²) in [7, 11) is 0. The van der Waals surface area contributed by atoms with Crippen LogP contribution in [0.3, 0.4) is 0 Å². The number of hydrogen-bond acceptors (Lipinski definition) is 3. The molecule has 9 heavy (non-hydrogen) atoms. The van der Waals surface area contributed by atoms with Gasteiger partial charge in [0.1, 0.15) is 0 Å². The highest BCUT2D eigenvalue weighted by molar-refractivity contribution is 5.57. The predicted octanol–water partition coefficient (Wildman–Crippen LogP) is 0.0230. The van der Waals surface area contributed by atoms with Crippen molar-refractivity contribution in [3.63, 3.8) is 0 Å². The van der Waals surface area contributed by atoms with Crippen LogP contribution in [0, 0.1) is 0 Å². The number of hydrogen-bond donors (Lipinski definition) is 1. The largest absolute Gasteiger partial charge is 0.380 e. The van der Waals surface area contributed by atoms with Gasteiger partial charge in [0, 0.05) is 6.61 Å². The zero-order chi connectivity index (χ0) is 6.53. The van der Waals surface area contributed by atoms with E-state index in [1.807, 2.05) is 6.92 Å². The fourth-order valence-electron chi connectivity index (χ4n) is 0.752. The Balaban J connectivity index is 2.01. The van der Waals surface area contributed by atoms with Crippen LogP contribution in [0.15, 0.2) is 4.99 Å². The van der Waals surface area contributed by atoms with Gasteiger partial charge in [0.2, 0.25) is 0 Å². The quantitative estimate of drug-likeness (QED) is 0.581. The molecular formula is C6H12N2O. The van der Waals surface area contributed by atoms with Crippen LogP contribution >= 0.6 is 0 Å². The standard InChI is InChI=1S/C6H12N2O/c1-2-9-4-6-3-7-5-8-6/h5-6H,2-4H2,1H3,(H,7,8)/t6-/m1/s1. The van der Waals surface area contributed by atoms with E-state index in [-0.39, 0.29) is 0 Å². The zero-order valence-electron chi connectivity index (χ0n) is 5.63. The molecular weight excluding hydrogens is 116 g/mol. The third-order valence-electron chi connectivity index (χ3n) is 1.25. The first kappa shape index (κ1) is 6.55. The first-order valence-electron chi connectivity index (χ1n) is 3.25. The molecule has 1 aliphatic rings. The lowest BCUT2D eigenvalue weighted by Crippen LogP contribution is -2.29. The summed E-state index contributed by atoms with van der Waals surface area (Å²) in [5, 5.41) is 3.07. The summed E-state index contributed by atoms with van der Waals surface area (Å²) in [5.41, 5.74) is 0. The summed E-state index contributed by atoms with van der Waals surface area (Å²) in [5.74, 6) is 0. The Morgan fingerprint density at radius 1 is 1.89 bits per heavy atom. The van der Waals surface area contributed by atoms with E-state index in [0.717, 1.165) is 19.8 Å². The van der Waals surface area contributed by atoms with Crippen LogP contribution in [-0.4, -0.2) is 32.1 Å². The minimum atomic E-state index is 0.421. The number of aliphatic imine (C=N–C) groups is 1. The van der Waals surface area contributed by atoms with Gasteiger partial charge >= 0.3 is 0 Å². The highest BCUT2D eigenvalue weighted by Crippen LogP contribution is 1.90. The lowest BCUT2D eigenvalue weighted by Gasteiger charge is -2.07. The molecule has 0 aromatic rings. The minimum Gasteiger partial charge on any atom is -0.380 e. The average molecular weight is 128 g/mol. The third kappa shape index (κ3) is 2.01. The molecule has 0 fully saturated rings. The van der Waals surface area contributed by atoms with Crippen molar-refractivity contribution in [2.24, 2.45) is 4.99 Å². The van der Waals surface area contributed by atoms with Crippen molar-refractivity contribution in [2.75, 3.05) is 19.8 Å². The molecule has 1 aliphatic heterocycles. The molecule has 0 unspecified atom stereocenters. The van der Waals surface area contributed by atoms with Crippen molar-refractivity contribution in [2.45, 2.75) is 13.0 Å². The molecule has 52 valence electrons. The van der Waals surface area contributed by atoms with E-state index >= 15 is 0 Å². The van der Waals surface area contributed by atoms with Gasteiger partial charge in [-0.2, -0.15) is 0 Å². The first-order valence-corrected chi connectivity index (χ1v) is 3.25. The molecule has 1 rings (SSSR count). The Bertz CT molecular complexity index is 95.2. The van der Waals surface area contributed by atoms with E-state index in [2.05, 4.69) is 10.3 Å². The second-order valence-corrected chi connectivity index (χ2v) is 2.02. The Morgan fingerprint density at radius 2 is 2.78 bits per heavy atom. The van der Waals surface area contributed by atoms with Crippen molar-refractivity contribution < 1.29 is 4.74 Å². The van der Waals surface area contributed by atoms with E-state index in [1.165, 1.54) is 0 Å². The van der Waals surface area contributed by atoms with Gasteiger partial charge in [0.25, 0.3) is 0 Å². The monoisotopic (exact) mass is 128 g/mol. The molecule has 0 aromatic heterocycles. The Hall–Kier alpha value is -0.570. The number of ether oxygens (including phenoxy) is 1. The molecule has 0 radical (unpaired) electrons. The van der Waals surface area contributed by atoms with Crippen LogP contribution in [0.4, 0.5) is 0 Å². The second kappa shape index (κ2) is 3.45.